The third kappa shape index (κ3) is 4.49. The maximum Gasteiger partial charge on any atom is 0.214 e. The lowest BCUT2D eigenvalue weighted by molar-refractivity contribution is 0.0436. The molecule has 0 spiro atoms. The Kier molecular flexibility index (Phi) is 3.79. The largest absolute Gasteiger partial charge is 0.389 e. The molecule has 0 saturated heterocycles. The molecule has 4 nitrogen and oxygen atoms in total. The molecule has 1 aliphatic carbocycles. The van der Waals surface area contributed by atoms with Gasteiger partial charge in [0.2, 0.25) is 10.0 Å². The molecule has 0 bridgehead atoms. The van der Waals surface area contributed by atoms with Crippen molar-refractivity contribution in [3.8, 4) is 0 Å². The van der Waals surface area contributed by atoms with Crippen molar-refractivity contribution >= 4 is 10.0 Å². The van der Waals surface area contributed by atoms with Crippen molar-refractivity contribution in [3.05, 3.63) is 0 Å². The summed E-state index contributed by atoms with van der Waals surface area (Å²) in [6, 6.07) is 0. The fourth-order valence-electron chi connectivity index (χ4n) is 1.70. The highest BCUT2D eigenvalue weighted by Gasteiger charge is 2.36. The first-order valence-electron chi connectivity index (χ1n) is 5.44. The first-order valence-corrected chi connectivity index (χ1v) is 6.98. The van der Waals surface area contributed by atoms with Crippen molar-refractivity contribution < 1.29 is 13.5 Å². The second kappa shape index (κ2) is 4.39. The number of hydrogen-bond donors (Lipinski definition) is 2. The van der Waals surface area contributed by atoms with Crippen molar-refractivity contribution in [2.24, 2.45) is 5.92 Å². The minimum absolute atomic E-state index is 0.115. The standard InChI is InChI=1S/C10H21NO3S/c1-8(2)6-10(3,12)7-11-15(13,14)9-4-5-9/h8-9,11-12H,4-7H2,1-3H3. The molecular formula is C10H21NO3S. The predicted molar refractivity (Wildman–Crippen MR) is 60.0 cm³/mol. The average molecular weight is 235 g/mol. The van der Waals surface area contributed by atoms with Crippen LogP contribution in [0.2, 0.25) is 0 Å². The van der Waals surface area contributed by atoms with Crippen LogP contribution < -0.4 is 4.72 Å². The maximum absolute atomic E-state index is 11.5. The minimum atomic E-state index is -3.17. The van der Waals surface area contributed by atoms with Gasteiger partial charge in [0.05, 0.1) is 10.9 Å². The van der Waals surface area contributed by atoms with Crippen molar-refractivity contribution in [3.63, 3.8) is 0 Å². The monoisotopic (exact) mass is 235 g/mol. The molecule has 0 aliphatic heterocycles. The van der Waals surface area contributed by atoms with Gasteiger partial charge in [-0.1, -0.05) is 13.8 Å². The molecule has 0 radical (unpaired) electrons. The lowest BCUT2D eigenvalue weighted by atomic mass is 9.95. The summed E-state index contributed by atoms with van der Waals surface area (Å²) in [6.45, 7) is 5.79. The van der Waals surface area contributed by atoms with Crippen LogP contribution in [0.4, 0.5) is 0 Å². The van der Waals surface area contributed by atoms with Crippen molar-refractivity contribution in [1.82, 2.24) is 4.72 Å². The number of sulfonamides is 1. The van der Waals surface area contributed by atoms with Gasteiger partial charge in [-0.15, -0.1) is 0 Å². The number of nitrogens with one attached hydrogen (secondary N) is 1. The minimum Gasteiger partial charge on any atom is -0.389 e. The number of aliphatic hydroxyl groups is 1. The fourth-order valence-corrected chi connectivity index (χ4v) is 3.21. The summed E-state index contributed by atoms with van der Waals surface area (Å²) in [4.78, 5) is 0. The molecule has 5 heteroatoms. The van der Waals surface area contributed by atoms with E-state index in [-0.39, 0.29) is 11.8 Å². The molecule has 1 aliphatic rings. The molecular weight excluding hydrogens is 214 g/mol. The summed E-state index contributed by atoms with van der Waals surface area (Å²) in [5, 5.41) is 9.71. The van der Waals surface area contributed by atoms with E-state index in [1.54, 1.807) is 6.92 Å². The molecule has 0 aromatic heterocycles. The predicted octanol–water partition coefficient (Wildman–Crippen LogP) is 0.865. The van der Waals surface area contributed by atoms with Gasteiger partial charge < -0.3 is 5.11 Å². The topological polar surface area (TPSA) is 66.4 Å². The third-order valence-corrected chi connectivity index (χ3v) is 4.36. The quantitative estimate of drug-likeness (QED) is 0.718. The van der Waals surface area contributed by atoms with Gasteiger partial charge in [0.25, 0.3) is 0 Å². The lowest BCUT2D eigenvalue weighted by Gasteiger charge is -2.25. The Morgan fingerprint density at radius 2 is 2.00 bits per heavy atom. The molecule has 90 valence electrons. The van der Waals surface area contributed by atoms with Crippen LogP contribution in [-0.4, -0.2) is 30.9 Å². The molecule has 0 aromatic carbocycles. The Morgan fingerprint density at radius 3 is 2.40 bits per heavy atom. The van der Waals surface area contributed by atoms with Gasteiger partial charge in [-0.2, -0.15) is 0 Å². The van der Waals surface area contributed by atoms with E-state index in [1.807, 2.05) is 13.8 Å². The molecule has 1 fully saturated rings. The van der Waals surface area contributed by atoms with Gasteiger partial charge in [0.1, 0.15) is 0 Å². The first-order chi connectivity index (χ1) is 6.73. The lowest BCUT2D eigenvalue weighted by Crippen LogP contribution is -2.42. The molecule has 1 atom stereocenters. The summed E-state index contributed by atoms with van der Waals surface area (Å²) in [6.07, 6.45) is 2.10. The van der Waals surface area contributed by atoms with Gasteiger partial charge in [-0.25, -0.2) is 13.1 Å². The smallest absolute Gasteiger partial charge is 0.214 e. The zero-order valence-corrected chi connectivity index (χ0v) is 10.5. The molecule has 0 amide bonds. The Morgan fingerprint density at radius 1 is 1.47 bits per heavy atom. The van der Waals surface area contributed by atoms with Crippen LogP contribution in [0.25, 0.3) is 0 Å². The molecule has 1 rings (SSSR count). The Bertz CT molecular complexity index is 305. The van der Waals surface area contributed by atoms with Crippen LogP contribution in [0.1, 0.15) is 40.0 Å². The zero-order chi connectivity index (χ0) is 11.7. The Balaban J connectivity index is 2.41. The van der Waals surface area contributed by atoms with Crippen molar-refractivity contribution in [1.29, 1.82) is 0 Å². The highest BCUT2D eigenvalue weighted by Crippen LogP contribution is 2.27. The van der Waals surface area contributed by atoms with Crippen LogP contribution in [-0.2, 0) is 10.0 Å². The SMILES string of the molecule is CC(C)CC(C)(O)CNS(=O)(=O)C1CC1. The normalized spacial score (nSPS) is 21.7. The average Bonchev–Trinajstić information content (AvgIpc) is 2.80. The maximum atomic E-state index is 11.5. The molecule has 0 aromatic rings. The summed E-state index contributed by atoms with van der Waals surface area (Å²) in [5.74, 6) is 0.352. The summed E-state index contributed by atoms with van der Waals surface area (Å²) >= 11 is 0. The summed E-state index contributed by atoms with van der Waals surface area (Å²) in [5.41, 5.74) is -0.948. The van der Waals surface area contributed by atoms with Gasteiger partial charge >= 0.3 is 0 Å². The van der Waals surface area contributed by atoms with E-state index < -0.39 is 15.6 Å². The van der Waals surface area contributed by atoms with Crippen LogP contribution >= 0.6 is 0 Å². The van der Waals surface area contributed by atoms with E-state index >= 15 is 0 Å². The summed E-state index contributed by atoms with van der Waals surface area (Å²) in [7, 11) is -3.17. The van der Waals surface area contributed by atoms with E-state index in [4.69, 9.17) is 0 Å². The van der Waals surface area contributed by atoms with Crippen LogP contribution in [0.5, 0.6) is 0 Å². The number of rotatable bonds is 6. The van der Waals surface area contributed by atoms with E-state index in [0.717, 1.165) is 12.8 Å². The fraction of sp³-hybridized carbons (Fsp3) is 1.00. The second-order valence-electron chi connectivity index (χ2n) is 5.16. The van der Waals surface area contributed by atoms with E-state index in [9.17, 15) is 13.5 Å². The first kappa shape index (κ1) is 12.9. The number of hydrogen-bond acceptors (Lipinski definition) is 3. The third-order valence-electron chi connectivity index (χ3n) is 2.47. The van der Waals surface area contributed by atoms with Gasteiger partial charge in [-0.3, -0.25) is 0 Å². The highest BCUT2D eigenvalue weighted by atomic mass is 32.2. The second-order valence-corrected chi connectivity index (χ2v) is 7.21. The Labute approximate surface area is 92.1 Å². The van der Waals surface area contributed by atoms with Crippen LogP contribution in [0.3, 0.4) is 0 Å². The van der Waals surface area contributed by atoms with Gasteiger partial charge in [0.15, 0.2) is 0 Å². The summed E-state index contributed by atoms with van der Waals surface area (Å²) < 4.78 is 25.5. The van der Waals surface area contributed by atoms with Crippen molar-refractivity contribution in [2.75, 3.05) is 6.54 Å². The van der Waals surface area contributed by atoms with Crippen LogP contribution in [0, 0.1) is 5.92 Å². The molecule has 0 heterocycles. The van der Waals surface area contributed by atoms with E-state index in [0.29, 0.717) is 12.3 Å². The van der Waals surface area contributed by atoms with Crippen molar-refractivity contribution in [2.45, 2.75) is 50.9 Å². The Hall–Kier alpha value is -0.130. The van der Waals surface area contributed by atoms with Gasteiger partial charge in [0, 0.05) is 6.54 Å². The zero-order valence-electron chi connectivity index (χ0n) is 9.66. The molecule has 1 unspecified atom stereocenters. The van der Waals surface area contributed by atoms with E-state index in [2.05, 4.69) is 4.72 Å². The molecule has 1 saturated carbocycles. The van der Waals surface area contributed by atoms with Crippen LogP contribution in [0.15, 0.2) is 0 Å². The molecule has 2 N–H and O–H groups in total. The van der Waals surface area contributed by atoms with E-state index in [1.165, 1.54) is 0 Å². The van der Waals surface area contributed by atoms with Gasteiger partial charge in [-0.05, 0) is 32.1 Å². The highest BCUT2D eigenvalue weighted by molar-refractivity contribution is 7.90. The molecule has 15 heavy (non-hydrogen) atoms.